The Hall–Kier alpha value is -1.73. The number of rotatable bonds is 3. The van der Waals surface area contributed by atoms with Crippen molar-refractivity contribution in [2.45, 2.75) is 13.3 Å². The first-order valence-electron chi connectivity index (χ1n) is 4.73. The van der Waals surface area contributed by atoms with E-state index in [9.17, 15) is 9.59 Å². The van der Waals surface area contributed by atoms with Gasteiger partial charge in [-0.3, -0.25) is 9.59 Å². The zero-order chi connectivity index (χ0) is 12.1. The minimum Gasteiger partial charge on any atom is -0.341 e. The summed E-state index contributed by atoms with van der Waals surface area (Å²) >= 11 is 5.89. The number of terminal acetylenes is 1. The van der Waals surface area contributed by atoms with Gasteiger partial charge >= 0.3 is 0 Å². The third kappa shape index (κ3) is 2.65. The van der Waals surface area contributed by atoms with Crippen LogP contribution < -0.4 is 10.9 Å². The molecule has 0 aromatic carbocycles. The number of nitrogens with one attached hydrogen (secondary N) is 2. The van der Waals surface area contributed by atoms with Crippen LogP contribution in [0.1, 0.15) is 23.0 Å². The Balaban J connectivity index is 3.07. The van der Waals surface area contributed by atoms with Gasteiger partial charge in [-0.1, -0.05) is 24.4 Å². The molecule has 0 unspecified atom stereocenters. The second-order valence-electron chi connectivity index (χ2n) is 3.08. The molecule has 0 radical (unpaired) electrons. The molecule has 1 heterocycles. The fourth-order valence-electron chi connectivity index (χ4n) is 1.20. The van der Waals surface area contributed by atoms with Crippen LogP contribution in [-0.4, -0.2) is 17.4 Å². The van der Waals surface area contributed by atoms with Gasteiger partial charge < -0.3 is 10.3 Å². The van der Waals surface area contributed by atoms with E-state index in [2.05, 4.69) is 16.2 Å². The molecular formula is C11H11ClN2O2. The molecule has 0 saturated heterocycles. The predicted octanol–water partition coefficient (Wildman–Crippen LogP) is 0.954. The number of carbonyl (C=O) groups excluding carboxylic acids is 1. The van der Waals surface area contributed by atoms with Crippen LogP contribution in [-0.2, 0) is 6.42 Å². The fraction of sp³-hybridized carbons (Fsp3) is 0.273. The second-order valence-corrected chi connectivity index (χ2v) is 3.49. The lowest BCUT2D eigenvalue weighted by Crippen LogP contribution is -2.30. The molecule has 1 aromatic rings. The fourth-order valence-corrected chi connectivity index (χ4v) is 1.49. The lowest BCUT2D eigenvalue weighted by molar-refractivity contribution is 0.0957. The number of hydrogen-bond acceptors (Lipinski definition) is 2. The lowest BCUT2D eigenvalue weighted by Gasteiger charge is -2.04. The van der Waals surface area contributed by atoms with Crippen molar-refractivity contribution < 1.29 is 4.79 Å². The standard InChI is InChI=1S/C11H11ClN2O2/c1-3-5-13-10(15)7-6-8(12)9(4-2)14-11(7)16/h1,6H,4-5H2,2H3,(H,13,15)(H,14,16). The van der Waals surface area contributed by atoms with E-state index in [0.29, 0.717) is 17.1 Å². The normalized spacial score (nSPS) is 9.56. The maximum atomic E-state index is 11.5. The molecule has 2 N–H and O–H groups in total. The molecule has 1 rings (SSSR count). The Morgan fingerprint density at radius 2 is 2.38 bits per heavy atom. The number of carbonyl (C=O) groups is 1. The van der Waals surface area contributed by atoms with Gasteiger partial charge in [0.1, 0.15) is 5.56 Å². The van der Waals surface area contributed by atoms with Crippen LogP contribution in [0.5, 0.6) is 0 Å². The van der Waals surface area contributed by atoms with Crippen LogP contribution in [0.3, 0.4) is 0 Å². The predicted molar refractivity (Wildman–Crippen MR) is 62.6 cm³/mol. The van der Waals surface area contributed by atoms with Crippen molar-refractivity contribution >= 4 is 17.5 Å². The summed E-state index contributed by atoms with van der Waals surface area (Å²) in [7, 11) is 0. The Morgan fingerprint density at radius 3 is 2.94 bits per heavy atom. The van der Waals surface area contributed by atoms with Gasteiger partial charge in [-0.15, -0.1) is 6.42 Å². The maximum absolute atomic E-state index is 11.5. The summed E-state index contributed by atoms with van der Waals surface area (Å²) in [6.45, 7) is 1.93. The highest BCUT2D eigenvalue weighted by molar-refractivity contribution is 6.31. The largest absolute Gasteiger partial charge is 0.341 e. The van der Waals surface area contributed by atoms with Crippen molar-refractivity contribution in [1.82, 2.24) is 10.3 Å². The minimum absolute atomic E-state index is 0.0301. The van der Waals surface area contributed by atoms with Crippen LogP contribution in [0, 0.1) is 12.3 Å². The van der Waals surface area contributed by atoms with Crippen molar-refractivity contribution in [3.63, 3.8) is 0 Å². The average Bonchev–Trinajstić information content (AvgIpc) is 2.28. The van der Waals surface area contributed by atoms with E-state index in [1.165, 1.54) is 6.07 Å². The molecule has 1 amide bonds. The summed E-state index contributed by atoms with van der Waals surface area (Å²) in [4.78, 5) is 25.6. The van der Waals surface area contributed by atoms with E-state index in [1.54, 1.807) is 0 Å². The molecule has 4 nitrogen and oxygen atoms in total. The molecule has 0 bridgehead atoms. The summed E-state index contributed by atoms with van der Waals surface area (Å²) in [6, 6.07) is 1.35. The third-order valence-electron chi connectivity index (χ3n) is 2.02. The van der Waals surface area contributed by atoms with Gasteiger partial charge in [0.2, 0.25) is 0 Å². The molecule has 0 fully saturated rings. The van der Waals surface area contributed by atoms with E-state index in [4.69, 9.17) is 18.0 Å². The quantitative estimate of drug-likeness (QED) is 0.771. The molecule has 1 aromatic heterocycles. The van der Waals surface area contributed by atoms with Crippen molar-refractivity contribution in [1.29, 1.82) is 0 Å². The molecule has 16 heavy (non-hydrogen) atoms. The Morgan fingerprint density at radius 1 is 1.69 bits per heavy atom. The van der Waals surface area contributed by atoms with Gasteiger partial charge in [-0.05, 0) is 12.5 Å². The third-order valence-corrected chi connectivity index (χ3v) is 2.35. The van der Waals surface area contributed by atoms with Crippen LogP contribution in [0.2, 0.25) is 5.02 Å². The molecule has 0 saturated carbocycles. The smallest absolute Gasteiger partial charge is 0.261 e. The zero-order valence-electron chi connectivity index (χ0n) is 8.76. The maximum Gasteiger partial charge on any atom is 0.261 e. The minimum atomic E-state index is -0.524. The van der Waals surface area contributed by atoms with E-state index < -0.39 is 11.5 Å². The SMILES string of the molecule is C#CCNC(=O)c1cc(Cl)c(CC)[nH]c1=O. The molecule has 0 aliphatic carbocycles. The number of amides is 1. The van der Waals surface area contributed by atoms with Crippen molar-refractivity contribution in [2.75, 3.05) is 6.54 Å². The van der Waals surface area contributed by atoms with Crippen LogP contribution >= 0.6 is 11.6 Å². The zero-order valence-corrected chi connectivity index (χ0v) is 9.52. The van der Waals surface area contributed by atoms with Gasteiger partial charge in [0.05, 0.1) is 11.6 Å². The highest BCUT2D eigenvalue weighted by Crippen LogP contribution is 2.13. The average molecular weight is 239 g/mol. The number of aryl methyl sites for hydroxylation is 1. The van der Waals surface area contributed by atoms with Crippen LogP contribution in [0.4, 0.5) is 0 Å². The molecule has 0 aliphatic heterocycles. The van der Waals surface area contributed by atoms with Crippen molar-refractivity contribution in [2.24, 2.45) is 0 Å². The Bertz CT molecular complexity index is 500. The highest BCUT2D eigenvalue weighted by atomic mass is 35.5. The monoisotopic (exact) mass is 238 g/mol. The van der Waals surface area contributed by atoms with Crippen molar-refractivity contribution in [3.8, 4) is 12.3 Å². The van der Waals surface area contributed by atoms with Gasteiger partial charge in [0.15, 0.2) is 0 Å². The topological polar surface area (TPSA) is 62.0 Å². The van der Waals surface area contributed by atoms with Crippen LogP contribution in [0.15, 0.2) is 10.9 Å². The summed E-state index contributed by atoms with van der Waals surface area (Å²) < 4.78 is 0. The van der Waals surface area contributed by atoms with Gasteiger partial charge in [-0.25, -0.2) is 0 Å². The molecule has 0 aliphatic rings. The molecule has 0 atom stereocenters. The van der Waals surface area contributed by atoms with E-state index in [1.807, 2.05) is 6.92 Å². The van der Waals surface area contributed by atoms with Crippen LogP contribution in [0.25, 0.3) is 0 Å². The molecule has 84 valence electrons. The number of halogens is 1. The van der Waals surface area contributed by atoms with Crippen molar-refractivity contribution in [3.05, 3.63) is 32.7 Å². The molecule has 5 heteroatoms. The second kappa shape index (κ2) is 5.38. The Kier molecular flexibility index (Phi) is 4.15. The first kappa shape index (κ1) is 12.3. The van der Waals surface area contributed by atoms with E-state index >= 15 is 0 Å². The summed E-state index contributed by atoms with van der Waals surface area (Å²) in [5.74, 6) is 1.72. The first-order chi connectivity index (χ1) is 7.60. The number of aromatic nitrogens is 1. The van der Waals surface area contributed by atoms with E-state index in [0.717, 1.165) is 0 Å². The van der Waals surface area contributed by atoms with E-state index in [-0.39, 0.29) is 12.1 Å². The van der Waals surface area contributed by atoms with Gasteiger partial charge in [0, 0.05) is 5.69 Å². The first-order valence-corrected chi connectivity index (χ1v) is 5.11. The van der Waals surface area contributed by atoms with Gasteiger partial charge in [-0.2, -0.15) is 0 Å². The lowest BCUT2D eigenvalue weighted by atomic mass is 10.2. The molecule has 0 spiro atoms. The highest BCUT2D eigenvalue weighted by Gasteiger charge is 2.12. The summed E-state index contributed by atoms with van der Waals surface area (Å²) in [6.07, 6.45) is 5.59. The number of aromatic amines is 1. The number of pyridine rings is 1. The number of hydrogen-bond donors (Lipinski definition) is 2. The molecular weight excluding hydrogens is 228 g/mol. The number of H-pyrrole nitrogens is 1. The summed E-state index contributed by atoms with van der Waals surface area (Å²) in [5, 5.41) is 2.77. The van der Waals surface area contributed by atoms with Gasteiger partial charge in [0.25, 0.3) is 11.5 Å². The summed E-state index contributed by atoms with van der Waals surface area (Å²) in [5.41, 5.74) is 0.119. The Labute approximate surface area is 98.0 Å².